The van der Waals surface area contributed by atoms with Gasteiger partial charge >= 0.3 is 0 Å². The molecule has 2 heteroatoms. The Hall–Kier alpha value is -5.96. The van der Waals surface area contributed by atoms with Crippen LogP contribution in [0.5, 0.6) is 0 Å². The molecule has 1 atom stereocenters. The van der Waals surface area contributed by atoms with Crippen LogP contribution in [0.1, 0.15) is 24.5 Å². The number of hydrogen-bond acceptors (Lipinski definition) is 1. The van der Waals surface area contributed by atoms with E-state index in [9.17, 15) is 0 Å². The summed E-state index contributed by atoms with van der Waals surface area (Å²) in [6.45, 7) is 2.40. The Morgan fingerprint density at radius 3 is 2.16 bits per heavy atom. The molecule has 51 heavy (non-hydrogen) atoms. The molecule has 2 aliphatic rings. The molecule has 9 aromatic rings. The van der Waals surface area contributed by atoms with Crippen molar-refractivity contribution in [2.45, 2.75) is 18.8 Å². The van der Waals surface area contributed by atoms with E-state index in [1.807, 2.05) is 11.3 Å². The minimum Gasteiger partial charge on any atom is -0.309 e. The van der Waals surface area contributed by atoms with Crippen molar-refractivity contribution in [1.82, 2.24) is 4.57 Å². The molecule has 1 unspecified atom stereocenters. The minimum absolute atomic E-state index is 0.00652. The maximum Gasteiger partial charge on any atom is 0.0541 e. The predicted octanol–water partition coefficient (Wildman–Crippen LogP) is 13.8. The van der Waals surface area contributed by atoms with Gasteiger partial charge in [-0.15, -0.1) is 11.3 Å². The minimum atomic E-state index is 0.00652. The normalized spacial score (nSPS) is 16.4. The molecule has 7 aromatic carbocycles. The summed E-state index contributed by atoms with van der Waals surface area (Å²) in [5, 5.41) is 5.19. The van der Waals surface area contributed by atoms with Crippen molar-refractivity contribution in [3.63, 3.8) is 0 Å². The molecule has 240 valence electrons. The summed E-state index contributed by atoms with van der Waals surface area (Å²) in [6, 6.07) is 56.7. The predicted molar refractivity (Wildman–Crippen MR) is 219 cm³/mol. The molecule has 1 nitrogen and oxygen atoms in total. The summed E-state index contributed by atoms with van der Waals surface area (Å²) in [6.07, 6.45) is 7.90. The zero-order valence-electron chi connectivity index (χ0n) is 28.2. The second-order valence-corrected chi connectivity index (χ2v) is 15.4. The van der Waals surface area contributed by atoms with Crippen LogP contribution in [-0.2, 0) is 5.41 Å². The molecule has 0 radical (unpaired) electrons. The third kappa shape index (κ3) is 4.21. The molecule has 0 fully saturated rings. The molecule has 2 aromatic heterocycles. The first kappa shape index (κ1) is 28.8. The Bertz CT molecular complexity index is 2970. The lowest BCUT2D eigenvalue weighted by Gasteiger charge is -2.40. The summed E-state index contributed by atoms with van der Waals surface area (Å²) in [4.78, 5) is 0. The van der Waals surface area contributed by atoms with Gasteiger partial charge in [0.15, 0.2) is 0 Å². The lowest BCUT2D eigenvalue weighted by molar-refractivity contribution is 0.618. The highest BCUT2D eigenvalue weighted by Crippen LogP contribution is 2.53. The van der Waals surface area contributed by atoms with Crippen LogP contribution in [0.2, 0.25) is 0 Å². The van der Waals surface area contributed by atoms with E-state index >= 15 is 0 Å². The number of aromatic nitrogens is 1. The summed E-state index contributed by atoms with van der Waals surface area (Å²) in [5.74, 6) is 0. The van der Waals surface area contributed by atoms with Gasteiger partial charge in [0.1, 0.15) is 0 Å². The van der Waals surface area contributed by atoms with E-state index in [1.165, 1.54) is 97.7 Å². The molecule has 0 saturated carbocycles. The third-order valence-corrected chi connectivity index (χ3v) is 12.6. The van der Waals surface area contributed by atoms with Crippen molar-refractivity contribution in [2.24, 2.45) is 0 Å². The van der Waals surface area contributed by atoms with Gasteiger partial charge in [-0.2, -0.15) is 0 Å². The number of hydrogen-bond donors (Lipinski definition) is 0. The maximum atomic E-state index is 2.43. The lowest BCUT2D eigenvalue weighted by Crippen LogP contribution is -2.28. The Balaban J connectivity index is 1.03. The molecular weight excluding hydrogens is 635 g/mol. The van der Waals surface area contributed by atoms with Crippen molar-refractivity contribution >= 4 is 58.9 Å². The van der Waals surface area contributed by atoms with Crippen LogP contribution in [0.3, 0.4) is 0 Å². The van der Waals surface area contributed by atoms with Crippen molar-refractivity contribution in [2.75, 3.05) is 0 Å². The van der Waals surface area contributed by atoms with Gasteiger partial charge in [-0.05, 0) is 111 Å². The highest BCUT2D eigenvalue weighted by Gasteiger charge is 2.39. The third-order valence-electron chi connectivity index (χ3n) is 11.5. The summed E-state index contributed by atoms with van der Waals surface area (Å²) in [5.41, 5.74) is 15.5. The van der Waals surface area contributed by atoms with Gasteiger partial charge in [-0.1, -0.05) is 122 Å². The van der Waals surface area contributed by atoms with E-state index < -0.39 is 0 Å². The highest BCUT2D eigenvalue weighted by molar-refractivity contribution is 7.25. The number of thiophene rings is 1. The molecule has 0 N–H and O–H groups in total. The average molecular weight is 668 g/mol. The second-order valence-electron chi connectivity index (χ2n) is 14.3. The first-order valence-corrected chi connectivity index (χ1v) is 18.6. The highest BCUT2D eigenvalue weighted by atomic mass is 32.1. The molecule has 0 amide bonds. The van der Waals surface area contributed by atoms with Crippen LogP contribution in [0.15, 0.2) is 170 Å². The van der Waals surface area contributed by atoms with Crippen LogP contribution < -0.4 is 0 Å². The van der Waals surface area contributed by atoms with Gasteiger partial charge in [0, 0.05) is 42.0 Å². The van der Waals surface area contributed by atoms with Crippen LogP contribution in [0.25, 0.3) is 86.6 Å². The summed E-state index contributed by atoms with van der Waals surface area (Å²) >= 11 is 1.87. The topological polar surface area (TPSA) is 4.93 Å². The monoisotopic (exact) mass is 667 g/mol. The molecule has 2 aliphatic carbocycles. The average Bonchev–Trinajstić information content (AvgIpc) is 3.73. The van der Waals surface area contributed by atoms with E-state index in [2.05, 4.69) is 181 Å². The second kappa shape index (κ2) is 10.8. The largest absolute Gasteiger partial charge is 0.309 e. The number of rotatable bonds is 3. The Kier molecular flexibility index (Phi) is 6.09. The van der Waals surface area contributed by atoms with Crippen LogP contribution in [0.4, 0.5) is 0 Å². The van der Waals surface area contributed by atoms with Gasteiger partial charge in [0.05, 0.1) is 11.0 Å². The molecular formula is C49H33NS. The number of allylic oxidation sites excluding steroid dienone is 4. The van der Waals surface area contributed by atoms with Gasteiger partial charge in [-0.25, -0.2) is 0 Å². The zero-order valence-corrected chi connectivity index (χ0v) is 29.0. The SMILES string of the molecule is CC12CC=CC=C1c1ccc(-c3cccc(-c4ccc5c(c4)c4ccccc4n5-c4ccc5sc6ccccc6c5c4)c3)cc1-c1ccccc12. The van der Waals surface area contributed by atoms with E-state index in [-0.39, 0.29) is 5.41 Å². The molecule has 0 saturated heterocycles. The van der Waals surface area contributed by atoms with Gasteiger partial charge in [-0.3, -0.25) is 0 Å². The van der Waals surface area contributed by atoms with Crippen molar-refractivity contribution < 1.29 is 0 Å². The Labute approximate surface area is 301 Å². The fourth-order valence-electron chi connectivity index (χ4n) is 8.95. The number of para-hydroxylation sites is 1. The molecule has 11 rings (SSSR count). The van der Waals surface area contributed by atoms with Gasteiger partial charge in [0.2, 0.25) is 0 Å². The quantitative estimate of drug-likeness (QED) is 0.177. The maximum absolute atomic E-state index is 2.43. The van der Waals surface area contributed by atoms with Crippen LogP contribution in [0, 0.1) is 0 Å². The molecule has 0 spiro atoms. The van der Waals surface area contributed by atoms with E-state index in [1.54, 1.807) is 0 Å². The number of nitrogens with zero attached hydrogens (tertiary/aromatic N) is 1. The van der Waals surface area contributed by atoms with E-state index in [0.29, 0.717) is 0 Å². The standard InChI is InChI=1S/C49H33NS/c1-49-26-9-8-17-44(49)37-23-20-33(28-40(37)36-13-2-5-16-43(36)49)31-11-10-12-32(27-31)34-21-24-46-41(29-34)38-14-3-6-18-45(38)50(46)35-22-25-48-42(30-35)39-15-4-7-19-47(39)51-48/h2-25,27-30H,26H2,1H3. The molecule has 2 heterocycles. The fraction of sp³-hybridized carbons (Fsp3) is 0.0612. The number of benzene rings is 7. The molecule has 0 aliphatic heterocycles. The summed E-state index contributed by atoms with van der Waals surface area (Å²) in [7, 11) is 0. The van der Waals surface area contributed by atoms with Gasteiger partial charge < -0.3 is 4.57 Å². The van der Waals surface area contributed by atoms with Crippen LogP contribution >= 0.6 is 11.3 Å². The van der Waals surface area contributed by atoms with Crippen LogP contribution in [-0.4, -0.2) is 4.57 Å². The molecule has 0 bridgehead atoms. The first-order chi connectivity index (χ1) is 25.1. The Morgan fingerprint density at radius 1 is 0.510 bits per heavy atom. The smallest absolute Gasteiger partial charge is 0.0541 e. The van der Waals surface area contributed by atoms with Crippen molar-refractivity contribution in [3.05, 3.63) is 181 Å². The van der Waals surface area contributed by atoms with E-state index in [4.69, 9.17) is 0 Å². The summed E-state index contributed by atoms with van der Waals surface area (Å²) < 4.78 is 5.10. The lowest BCUT2D eigenvalue weighted by atomic mass is 9.62. The van der Waals surface area contributed by atoms with Crippen molar-refractivity contribution in [3.8, 4) is 39.1 Å². The Morgan fingerprint density at radius 2 is 1.24 bits per heavy atom. The van der Waals surface area contributed by atoms with Gasteiger partial charge in [0.25, 0.3) is 0 Å². The first-order valence-electron chi connectivity index (χ1n) is 17.8. The van der Waals surface area contributed by atoms with Crippen molar-refractivity contribution in [1.29, 1.82) is 0 Å². The zero-order chi connectivity index (χ0) is 33.7. The fourth-order valence-corrected chi connectivity index (χ4v) is 10.0. The number of fused-ring (bicyclic) bond motifs is 12. The van der Waals surface area contributed by atoms with E-state index in [0.717, 1.165) is 6.42 Å².